The van der Waals surface area contributed by atoms with E-state index in [-0.39, 0.29) is 0 Å². The molecule has 9 aromatic carbocycles. The van der Waals surface area contributed by atoms with Gasteiger partial charge in [0.05, 0.1) is 0 Å². The fraction of sp³-hybridized carbons (Fsp3) is 0. The SMILES string of the molecule is c1ccc(-c2nc(-c3ccc4c5ccccc5c5ccccc5c4c3)nc(-c3cccc4sc5cc(-c6nc(-c7ccccc7)nc7c6oc6ccccc67)ccc5c34)n2)cc1. The molecule has 0 amide bonds. The molecule has 0 N–H and O–H groups in total. The third-order valence-electron chi connectivity index (χ3n) is 11.9. The Morgan fingerprint density at radius 2 is 0.887 bits per heavy atom. The molecular weight excluding hydrogens is 779 g/mol. The van der Waals surface area contributed by atoms with E-state index in [1.54, 1.807) is 11.3 Å². The summed E-state index contributed by atoms with van der Waals surface area (Å²) in [5.41, 5.74) is 7.74. The molecule has 0 aliphatic heterocycles. The van der Waals surface area contributed by atoms with Crippen molar-refractivity contribution < 1.29 is 4.42 Å². The van der Waals surface area contributed by atoms with Gasteiger partial charge in [0.15, 0.2) is 28.9 Å². The average molecular weight is 810 g/mol. The van der Waals surface area contributed by atoms with E-state index in [0.29, 0.717) is 28.9 Å². The summed E-state index contributed by atoms with van der Waals surface area (Å²) in [5, 5.41) is 10.5. The number of thiophene rings is 1. The van der Waals surface area contributed by atoms with Gasteiger partial charge in [0.1, 0.15) is 16.8 Å². The molecule has 0 saturated heterocycles. The molecule has 13 aromatic rings. The number of hydrogen-bond donors (Lipinski definition) is 0. The van der Waals surface area contributed by atoms with Gasteiger partial charge in [-0.15, -0.1) is 11.3 Å². The van der Waals surface area contributed by atoms with Crippen molar-refractivity contribution in [2.45, 2.75) is 0 Å². The summed E-state index contributed by atoms with van der Waals surface area (Å²) < 4.78 is 8.76. The van der Waals surface area contributed by atoms with Crippen LogP contribution >= 0.6 is 11.3 Å². The van der Waals surface area contributed by atoms with Crippen molar-refractivity contribution in [1.82, 2.24) is 24.9 Å². The van der Waals surface area contributed by atoms with Gasteiger partial charge in [-0.25, -0.2) is 24.9 Å². The second kappa shape index (κ2) is 13.7. The highest BCUT2D eigenvalue weighted by molar-refractivity contribution is 7.26. The predicted octanol–water partition coefficient (Wildman–Crippen LogP) is 14.7. The largest absolute Gasteiger partial charge is 0.452 e. The van der Waals surface area contributed by atoms with E-state index >= 15 is 0 Å². The summed E-state index contributed by atoms with van der Waals surface area (Å²) in [6.07, 6.45) is 0. The van der Waals surface area contributed by atoms with Gasteiger partial charge >= 0.3 is 0 Å². The Kier molecular flexibility index (Phi) is 7.67. The number of benzene rings is 9. The monoisotopic (exact) mass is 809 g/mol. The highest BCUT2D eigenvalue weighted by atomic mass is 32.1. The van der Waals surface area contributed by atoms with Crippen LogP contribution in [0.1, 0.15) is 0 Å². The molecule has 0 saturated carbocycles. The first-order valence-electron chi connectivity index (χ1n) is 20.6. The molecule has 0 spiro atoms. The minimum Gasteiger partial charge on any atom is -0.452 e. The lowest BCUT2D eigenvalue weighted by Gasteiger charge is -2.13. The summed E-state index contributed by atoms with van der Waals surface area (Å²) >= 11 is 1.75. The van der Waals surface area contributed by atoms with Gasteiger partial charge in [-0.05, 0) is 62.6 Å². The van der Waals surface area contributed by atoms with Crippen LogP contribution in [0, 0.1) is 0 Å². The zero-order chi connectivity index (χ0) is 40.7. The van der Waals surface area contributed by atoms with E-state index in [4.69, 9.17) is 29.3 Å². The second-order valence-corrected chi connectivity index (χ2v) is 16.6. The number of para-hydroxylation sites is 1. The molecule has 0 atom stereocenters. The molecule has 7 heteroatoms. The maximum atomic E-state index is 6.49. The van der Waals surface area contributed by atoms with Crippen LogP contribution in [0.15, 0.2) is 192 Å². The van der Waals surface area contributed by atoms with Gasteiger partial charge < -0.3 is 4.42 Å². The summed E-state index contributed by atoms with van der Waals surface area (Å²) in [6.45, 7) is 0. The van der Waals surface area contributed by atoms with Crippen molar-refractivity contribution in [3.8, 4) is 56.8 Å². The number of aromatic nitrogens is 5. The molecule has 62 heavy (non-hydrogen) atoms. The normalized spacial score (nSPS) is 11.9. The molecule has 0 aliphatic carbocycles. The lowest BCUT2D eigenvalue weighted by Crippen LogP contribution is -2.00. The molecule has 0 fully saturated rings. The third kappa shape index (κ3) is 5.45. The maximum absolute atomic E-state index is 6.49. The van der Waals surface area contributed by atoms with Crippen LogP contribution < -0.4 is 0 Å². The number of fused-ring (bicyclic) bond motifs is 12. The maximum Gasteiger partial charge on any atom is 0.180 e. The smallest absolute Gasteiger partial charge is 0.180 e. The van der Waals surface area contributed by atoms with Crippen LogP contribution in [0.25, 0.3) is 131 Å². The topological polar surface area (TPSA) is 77.6 Å². The Morgan fingerprint density at radius 1 is 0.339 bits per heavy atom. The Hall–Kier alpha value is -8.13. The Bertz CT molecular complexity index is 3900. The molecule has 0 unspecified atom stereocenters. The molecule has 0 bridgehead atoms. The van der Waals surface area contributed by atoms with Crippen molar-refractivity contribution in [2.24, 2.45) is 0 Å². The zero-order valence-corrected chi connectivity index (χ0v) is 33.8. The van der Waals surface area contributed by atoms with Gasteiger partial charge in [0.2, 0.25) is 0 Å². The summed E-state index contributed by atoms with van der Waals surface area (Å²) in [5.74, 6) is 2.53. The minimum absolute atomic E-state index is 0.624. The molecule has 4 aromatic heterocycles. The predicted molar refractivity (Wildman–Crippen MR) is 255 cm³/mol. The Balaban J connectivity index is 1.00. The number of hydrogen-bond acceptors (Lipinski definition) is 7. The first-order valence-corrected chi connectivity index (χ1v) is 21.4. The van der Waals surface area contributed by atoms with Crippen LogP contribution in [0.5, 0.6) is 0 Å². The van der Waals surface area contributed by atoms with Gasteiger partial charge in [0.25, 0.3) is 0 Å². The first-order chi connectivity index (χ1) is 30.7. The van der Waals surface area contributed by atoms with Crippen LogP contribution in [0.2, 0.25) is 0 Å². The number of rotatable bonds is 5. The minimum atomic E-state index is 0.624. The van der Waals surface area contributed by atoms with Crippen LogP contribution in [0.3, 0.4) is 0 Å². The van der Waals surface area contributed by atoms with Gasteiger partial charge in [-0.3, -0.25) is 0 Å². The molecular formula is C55H31N5OS. The Morgan fingerprint density at radius 3 is 1.60 bits per heavy atom. The van der Waals surface area contributed by atoms with Gasteiger partial charge in [-0.2, -0.15) is 0 Å². The van der Waals surface area contributed by atoms with E-state index in [0.717, 1.165) is 70.2 Å². The fourth-order valence-corrected chi connectivity index (χ4v) is 10.2. The van der Waals surface area contributed by atoms with E-state index < -0.39 is 0 Å². The van der Waals surface area contributed by atoms with E-state index in [1.807, 2.05) is 66.7 Å². The highest BCUT2D eigenvalue weighted by Crippen LogP contribution is 2.43. The lowest BCUT2D eigenvalue weighted by molar-refractivity contribution is 0.667. The standard InChI is InChI=1S/C55H31N5OS/c1-3-14-32(15-4-1)52-56-49(51-50(57-52)41-22-11-12-24-45(41)61-51)34-26-29-42-47(31-34)62-46-25-13-23-43(48(42)46)55-59-53(33-16-5-2-6-17-33)58-54(60-55)35-27-28-40-38-20-8-7-18-36(38)37-19-9-10-21-39(37)44(40)30-35/h1-31H. The van der Waals surface area contributed by atoms with E-state index in [1.165, 1.54) is 32.3 Å². The van der Waals surface area contributed by atoms with Gasteiger partial charge in [0, 0.05) is 53.4 Å². The number of furan rings is 1. The third-order valence-corrected chi connectivity index (χ3v) is 13.1. The van der Waals surface area contributed by atoms with Crippen LogP contribution in [-0.4, -0.2) is 24.9 Å². The fourth-order valence-electron chi connectivity index (χ4n) is 9.05. The average Bonchev–Trinajstić information content (AvgIpc) is 3.92. The molecule has 6 nitrogen and oxygen atoms in total. The number of nitrogens with zero attached hydrogens (tertiary/aromatic N) is 5. The van der Waals surface area contributed by atoms with E-state index in [2.05, 4.69) is 121 Å². The second-order valence-electron chi connectivity index (χ2n) is 15.6. The summed E-state index contributed by atoms with van der Waals surface area (Å²) in [4.78, 5) is 25.9. The molecule has 13 rings (SSSR count). The highest BCUT2D eigenvalue weighted by Gasteiger charge is 2.21. The molecule has 4 heterocycles. The lowest BCUT2D eigenvalue weighted by atomic mass is 9.93. The quantitative estimate of drug-likeness (QED) is 0.161. The van der Waals surface area contributed by atoms with Crippen molar-refractivity contribution in [3.63, 3.8) is 0 Å². The summed E-state index contributed by atoms with van der Waals surface area (Å²) in [6, 6.07) is 65.2. The van der Waals surface area contributed by atoms with Crippen molar-refractivity contribution >= 4 is 85.9 Å². The van der Waals surface area contributed by atoms with Crippen LogP contribution in [0.4, 0.5) is 0 Å². The Labute approximate surface area is 358 Å². The van der Waals surface area contributed by atoms with E-state index in [9.17, 15) is 0 Å². The van der Waals surface area contributed by atoms with Crippen molar-refractivity contribution in [3.05, 3.63) is 188 Å². The van der Waals surface area contributed by atoms with Gasteiger partial charge in [-0.1, -0.05) is 158 Å². The molecule has 0 aliphatic rings. The first kappa shape index (κ1) is 34.7. The van der Waals surface area contributed by atoms with Crippen molar-refractivity contribution in [1.29, 1.82) is 0 Å². The van der Waals surface area contributed by atoms with Crippen LogP contribution in [-0.2, 0) is 0 Å². The zero-order valence-electron chi connectivity index (χ0n) is 33.0. The van der Waals surface area contributed by atoms with Crippen molar-refractivity contribution in [2.75, 3.05) is 0 Å². The summed E-state index contributed by atoms with van der Waals surface area (Å²) in [7, 11) is 0. The molecule has 0 radical (unpaired) electrons. The molecule has 288 valence electrons.